The van der Waals surface area contributed by atoms with Gasteiger partial charge in [0.05, 0.1) is 6.61 Å². The van der Waals surface area contributed by atoms with Crippen molar-refractivity contribution in [1.82, 2.24) is 5.32 Å². The Kier molecular flexibility index (Phi) is 5.07. The Hall–Kier alpha value is -0.0800. The molecule has 0 aromatic carbocycles. The average molecular weight is 213 g/mol. The minimum Gasteiger partial charge on any atom is -0.383 e. The van der Waals surface area contributed by atoms with Crippen LogP contribution in [0.2, 0.25) is 0 Å². The van der Waals surface area contributed by atoms with E-state index in [1.54, 1.807) is 7.11 Å². The summed E-state index contributed by atoms with van der Waals surface area (Å²) in [6, 6.07) is 1.27. The molecule has 0 amide bonds. The van der Waals surface area contributed by atoms with E-state index in [1.165, 1.54) is 32.1 Å². The molecule has 0 aliphatic heterocycles. The number of hydrogen-bond donors (Lipinski definition) is 1. The minimum atomic E-state index is 0.543. The second-order valence-electron chi connectivity index (χ2n) is 5.71. The van der Waals surface area contributed by atoms with Crippen molar-refractivity contribution in [3.63, 3.8) is 0 Å². The molecule has 1 aliphatic carbocycles. The molecule has 0 aromatic heterocycles. The maximum atomic E-state index is 5.26. The maximum absolute atomic E-state index is 5.26. The van der Waals surface area contributed by atoms with E-state index in [-0.39, 0.29) is 0 Å². The summed E-state index contributed by atoms with van der Waals surface area (Å²) in [6.45, 7) is 7.84. The predicted octanol–water partition coefficient (Wildman–Crippen LogP) is 2.97. The van der Waals surface area contributed by atoms with Crippen LogP contribution in [0.15, 0.2) is 0 Å². The van der Waals surface area contributed by atoms with Crippen molar-refractivity contribution in [3.8, 4) is 0 Å². The van der Waals surface area contributed by atoms with Gasteiger partial charge in [-0.15, -0.1) is 0 Å². The van der Waals surface area contributed by atoms with Gasteiger partial charge in [-0.05, 0) is 31.1 Å². The van der Waals surface area contributed by atoms with Gasteiger partial charge >= 0.3 is 0 Å². The third-order valence-corrected chi connectivity index (χ3v) is 3.44. The molecule has 1 fully saturated rings. The molecule has 0 saturated heterocycles. The molecular weight excluding hydrogens is 186 g/mol. The smallest absolute Gasteiger partial charge is 0.0615 e. The topological polar surface area (TPSA) is 21.3 Å². The maximum Gasteiger partial charge on any atom is 0.0615 e. The van der Waals surface area contributed by atoms with Crippen molar-refractivity contribution in [2.45, 2.75) is 65.0 Å². The zero-order valence-electron chi connectivity index (χ0n) is 10.8. The lowest BCUT2D eigenvalue weighted by atomic mass is 9.92. The van der Waals surface area contributed by atoms with Crippen molar-refractivity contribution in [2.75, 3.05) is 13.7 Å². The van der Waals surface area contributed by atoms with Gasteiger partial charge in [0.2, 0.25) is 0 Å². The molecule has 1 aliphatic rings. The van der Waals surface area contributed by atoms with Gasteiger partial charge < -0.3 is 10.1 Å². The van der Waals surface area contributed by atoms with Crippen LogP contribution >= 0.6 is 0 Å². The van der Waals surface area contributed by atoms with Crippen LogP contribution in [0.4, 0.5) is 0 Å². The molecule has 0 heterocycles. The van der Waals surface area contributed by atoms with Crippen LogP contribution in [-0.4, -0.2) is 25.8 Å². The fourth-order valence-electron chi connectivity index (χ4n) is 2.68. The van der Waals surface area contributed by atoms with Gasteiger partial charge in [-0.1, -0.05) is 27.2 Å². The van der Waals surface area contributed by atoms with E-state index in [0.29, 0.717) is 17.5 Å². The lowest BCUT2D eigenvalue weighted by Crippen LogP contribution is -2.40. The number of rotatable bonds is 6. The molecule has 2 heteroatoms. The second kappa shape index (κ2) is 5.86. The Balaban J connectivity index is 2.32. The Labute approximate surface area is 94.8 Å². The summed E-state index contributed by atoms with van der Waals surface area (Å²) in [5.41, 5.74) is 0.543. The van der Waals surface area contributed by atoms with Crippen LogP contribution in [0.1, 0.15) is 52.9 Å². The lowest BCUT2D eigenvalue weighted by molar-refractivity contribution is 0.155. The zero-order chi connectivity index (χ0) is 11.3. The molecule has 2 unspecified atom stereocenters. The van der Waals surface area contributed by atoms with Crippen LogP contribution in [0.25, 0.3) is 0 Å². The zero-order valence-corrected chi connectivity index (χ0v) is 10.8. The molecular formula is C13H27NO. The van der Waals surface area contributed by atoms with Gasteiger partial charge in [0.1, 0.15) is 0 Å². The average Bonchev–Trinajstić information content (AvgIpc) is 2.46. The molecule has 0 bridgehead atoms. The quantitative estimate of drug-likeness (QED) is 0.732. The minimum absolute atomic E-state index is 0.543. The first-order valence-electron chi connectivity index (χ1n) is 6.32. The van der Waals surface area contributed by atoms with Crippen LogP contribution < -0.4 is 5.32 Å². The second-order valence-corrected chi connectivity index (χ2v) is 5.71. The number of hydrogen-bond acceptors (Lipinski definition) is 2. The molecule has 2 atom stereocenters. The van der Waals surface area contributed by atoms with E-state index in [0.717, 1.165) is 6.61 Å². The van der Waals surface area contributed by atoms with Crippen molar-refractivity contribution >= 4 is 0 Å². The molecule has 2 nitrogen and oxygen atoms in total. The molecule has 1 rings (SSSR count). The SMILES string of the molecule is CCCC(COC)NC1CCC(C)(C)C1. The summed E-state index contributed by atoms with van der Waals surface area (Å²) >= 11 is 0. The van der Waals surface area contributed by atoms with Crippen molar-refractivity contribution < 1.29 is 4.74 Å². The fourth-order valence-corrected chi connectivity index (χ4v) is 2.68. The monoisotopic (exact) mass is 213 g/mol. The summed E-state index contributed by atoms with van der Waals surface area (Å²) in [4.78, 5) is 0. The number of nitrogens with one attached hydrogen (secondary N) is 1. The third-order valence-electron chi connectivity index (χ3n) is 3.44. The van der Waals surface area contributed by atoms with Crippen molar-refractivity contribution in [2.24, 2.45) is 5.41 Å². The summed E-state index contributed by atoms with van der Waals surface area (Å²) in [5.74, 6) is 0. The summed E-state index contributed by atoms with van der Waals surface area (Å²) in [5, 5.41) is 3.75. The third kappa shape index (κ3) is 4.52. The van der Waals surface area contributed by atoms with E-state index < -0.39 is 0 Å². The van der Waals surface area contributed by atoms with Crippen molar-refractivity contribution in [3.05, 3.63) is 0 Å². The number of methoxy groups -OCH3 is 1. The molecule has 1 N–H and O–H groups in total. The highest BCUT2D eigenvalue weighted by Gasteiger charge is 2.31. The van der Waals surface area contributed by atoms with Crippen LogP contribution in [0.5, 0.6) is 0 Å². The van der Waals surface area contributed by atoms with E-state index in [9.17, 15) is 0 Å². The predicted molar refractivity (Wildman–Crippen MR) is 65.1 cm³/mol. The van der Waals surface area contributed by atoms with Gasteiger partial charge in [0.15, 0.2) is 0 Å². The molecule has 0 radical (unpaired) electrons. The van der Waals surface area contributed by atoms with Gasteiger partial charge in [-0.2, -0.15) is 0 Å². The summed E-state index contributed by atoms with van der Waals surface area (Å²) in [7, 11) is 1.79. The summed E-state index contributed by atoms with van der Waals surface area (Å²) < 4.78 is 5.26. The Morgan fingerprint density at radius 1 is 1.47 bits per heavy atom. The highest BCUT2D eigenvalue weighted by molar-refractivity contribution is 4.88. The van der Waals surface area contributed by atoms with Crippen LogP contribution in [-0.2, 0) is 4.74 Å². The first-order chi connectivity index (χ1) is 7.07. The van der Waals surface area contributed by atoms with E-state index in [1.807, 2.05) is 0 Å². The van der Waals surface area contributed by atoms with E-state index in [4.69, 9.17) is 4.74 Å². The fraction of sp³-hybridized carbons (Fsp3) is 1.00. The van der Waals surface area contributed by atoms with Crippen molar-refractivity contribution in [1.29, 1.82) is 0 Å². The number of ether oxygens (including phenoxy) is 1. The summed E-state index contributed by atoms with van der Waals surface area (Å²) in [6.07, 6.45) is 6.46. The van der Waals surface area contributed by atoms with Crippen LogP contribution in [0.3, 0.4) is 0 Å². The Morgan fingerprint density at radius 3 is 2.67 bits per heavy atom. The molecule has 1 saturated carbocycles. The lowest BCUT2D eigenvalue weighted by Gasteiger charge is -2.23. The van der Waals surface area contributed by atoms with Gasteiger partial charge in [0, 0.05) is 19.2 Å². The van der Waals surface area contributed by atoms with E-state index in [2.05, 4.69) is 26.1 Å². The molecule has 90 valence electrons. The van der Waals surface area contributed by atoms with Crippen LogP contribution in [0, 0.1) is 5.41 Å². The van der Waals surface area contributed by atoms with E-state index >= 15 is 0 Å². The Morgan fingerprint density at radius 2 is 2.20 bits per heavy atom. The molecule has 15 heavy (non-hydrogen) atoms. The highest BCUT2D eigenvalue weighted by atomic mass is 16.5. The largest absolute Gasteiger partial charge is 0.383 e. The molecule has 0 spiro atoms. The highest BCUT2D eigenvalue weighted by Crippen LogP contribution is 2.37. The van der Waals surface area contributed by atoms with Gasteiger partial charge in [-0.3, -0.25) is 0 Å². The first-order valence-corrected chi connectivity index (χ1v) is 6.32. The normalized spacial score (nSPS) is 26.8. The standard InChI is InChI=1S/C13H27NO/c1-5-6-12(10-15-4)14-11-7-8-13(2,3)9-11/h11-12,14H,5-10H2,1-4H3. The van der Waals surface area contributed by atoms with Gasteiger partial charge in [0.25, 0.3) is 0 Å². The molecule has 0 aromatic rings. The Bertz CT molecular complexity index is 173. The first kappa shape index (κ1) is 13.0. The van der Waals surface area contributed by atoms with Gasteiger partial charge in [-0.25, -0.2) is 0 Å².